The number of nitrogens with one attached hydrogen (secondary N) is 1. The molecule has 0 spiro atoms. The van der Waals surface area contributed by atoms with Gasteiger partial charge in [0.05, 0.1) is 0 Å². The van der Waals surface area contributed by atoms with E-state index in [-0.39, 0.29) is 5.84 Å². The molecule has 3 N–H and O–H groups in total. The van der Waals surface area contributed by atoms with E-state index in [4.69, 9.17) is 11.1 Å². The zero-order chi connectivity index (χ0) is 12.8. The highest BCUT2D eigenvalue weighted by molar-refractivity contribution is 5.93. The molecule has 0 atom stereocenters. The van der Waals surface area contributed by atoms with E-state index in [2.05, 4.69) is 28.9 Å². The Morgan fingerprint density at radius 1 is 1.29 bits per heavy atom. The van der Waals surface area contributed by atoms with Crippen LogP contribution in [0.5, 0.6) is 0 Å². The van der Waals surface area contributed by atoms with Crippen molar-refractivity contribution in [3.63, 3.8) is 0 Å². The molecule has 0 saturated heterocycles. The van der Waals surface area contributed by atoms with Gasteiger partial charge in [-0.05, 0) is 39.2 Å². The van der Waals surface area contributed by atoms with Crippen LogP contribution in [0.2, 0.25) is 0 Å². The van der Waals surface area contributed by atoms with Gasteiger partial charge >= 0.3 is 0 Å². The van der Waals surface area contributed by atoms with Gasteiger partial charge in [0.25, 0.3) is 0 Å². The standard InChI is InChI=1S/C12H21N5/c1-16(2)8-5-9-17(3)11-7-4-6-10(15-11)12(13)14/h4,6-7H,5,8-9H2,1-3H3,(H3,13,14). The third-order valence-electron chi connectivity index (χ3n) is 2.50. The van der Waals surface area contributed by atoms with Crippen molar-refractivity contribution in [3.8, 4) is 0 Å². The smallest absolute Gasteiger partial charge is 0.141 e. The number of anilines is 1. The molecule has 1 heterocycles. The van der Waals surface area contributed by atoms with Crippen molar-refractivity contribution in [3.05, 3.63) is 23.9 Å². The Balaban J connectivity index is 2.59. The van der Waals surface area contributed by atoms with Gasteiger partial charge in [0.15, 0.2) is 0 Å². The highest BCUT2D eigenvalue weighted by Gasteiger charge is 2.05. The van der Waals surface area contributed by atoms with Crippen LogP contribution in [0.25, 0.3) is 0 Å². The third-order valence-corrected chi connectivity index (χ3v) is 2.50. The average Bonchev–Trinajstić information content (AvgIpc) is 2.28. The average molecular weight is 235 g/mol. The van der Waals surface area contributed by atoms with Gasteiger partial charge in [-0.3, -0.25) is 5.41 Å². The summed E-state index contributed by atoms with van der Waals surface area (Å²) in [5.74, 6) is 0.866. The van der Waals surface area contributed by atoms with Gasteiger partial charge in [-0.1, -0.05) is 6.07 Å². The molecule has 0 bridgehead atoms. The van der Waals surface area contributed by atoms with E-state index in [9.17, 15) is 0 Å². The molecule has 0 radical (unpaired) electrons. The summed E-state index contributed by atoms with van der Waals surface area (Å²) in [5, 5.41) is 7.36. The molecule has 1 aromatic rings. The van der Waals surface area contributed by atoms with Crippen LogP contribution in [0.3, 0.4) is 0 Å². The molecule has 5 heteroatoms. The fraction of sp³-hybridized carbons (Fsp3) is 0.500. The minimum Gasteiger partial charge on any atom is -0.382 e. The number of nitrogens with zero attached hydrogens (tertiary/aromatic N) is 3. The summed E-state index contributed by atoms with van der Waals surface area (Å²) in [6, 6.07) is 5.56. The Bertz CT molecular complexity index is 375. The van der Waals surface area contributed by atoms with E-state index in [1.807, 2.05) is 19.2 Å². The minimum absolute atomic E-state index is 0.00791. The summed E-state index contributed by atoms with van der Waals surface area (Å²) in [6.45, 7) is 1.99. The maximum absolute atomic E-state index is 7.36. The van der Waals surface area contributed by atoms with Crippen LogP contribution in [0.15, 0.2) is 18.2 Å². The number of rotatable bonds is 6. The molecule has 94 valence electrons. The molecule has 0 saturated carbocycles. The predicted molar refractivity (Wildman–Crippen MR) is 71.7 cm³/mol. The van der Waals surface area contributed by atoms with Crippen molar-refractivity contribution in [1.29, 1.82) is 5.41 Å². The van der Waals surface area contributed by atoms with Gasteiger partial charge in [-0.15, -0.1) is 0 Å². The summed E-state index contributed by atoms with van der Waals surface area (Å²) in [7, 11) is 6.13. The fourth-order valence-electron chi connectivity index (χ4n) is 1.52. The first-order valence-electron chi connectivity index (χ1n) is 5.68. The van der Waals surface area contributed by atoms with E-state index in [1.165, 1.54) is 0 Å². The molecule has 0 aliphatic rings. The highest BCUT2D eigenvalue weighted by Crippen LogP contribution is 2.09. The molecular weight excluding hydrogens is 214 g/mol. The van der Waals surface area contributed by atoms with Crippen molar-refractivity contribution in [2.45, 2.75) is 6.42 Å². The first-order valence-corrected chi connectivity index (χ1v) is 5.68. The van der Waals surface area contributed by atoms with Crippen molar-refractivity contribution in [2.24, 2.45) is 5.73 Å². The predicted octanol–water partition coefficient (Wildman–Crippen LogP) is 0.754. The Kier molecular flexibility index (Phi) is 4.90. The van der Waals surface area contributed by atoms with Crippen molar-refractivity contribution in [2.75, 3.05) is 39.1 Å². The molecule has 0 fully saturated rings. The molecule has 0 aliphatic carbocycles. The third kappa shape index (κ3) is 4.40. The van der Waals surface area contributed by atoms with Crippen LogP contribution in [0.1, 0.15) is 12.1 Å². The van der Waals surface area contributed by atoms with Gasteiger partial charge in [-0.2, -0.15) is 0 Å². The van der Waals surface area contributed by atoms with Crippen LogP contribution in [-0.4, -0.2) is 50.0 Å². The zero-order valence-corrected chi connectivity index (χ0v) is 10.8. The van der Waals surface area contributed by atoms with E-state index in [0.29, 0.717) is 5.69 Å². The molecule has 1 aromatic heterocycles. The fourth-order valence-corrected chi connectivity index (χ4v) is 1.52. The Morgan fingerprint density at radius 3 is 2.59 bits per heavy atom. The Labute approximate surface area is 103 Å². The quantitative estimate of drug-likeness (QED) is 0.564. The molecule has 0 aliphatic heterocycles. The van der Waals surface area contributed by atoms with E-state index in [1.54, 1.807) is 6.07 Å². The summed E-state index contributed by atoms with van der Waals surface area (Å²) in [5.41, 5.74) is 5.95. The zero-order valence-electron chi connectivity index (χ0n) is 10.8. The normalized spacial score (nSPS) is 10.6. The summed E-state index contributed by atoms with van der Waals surface area (Å²) in [6.07, 6.45) is 1.08. The van der Waals surface area contributed by atoms with Crippen LogP contribution < -0.4 is 10.6 Å². The lowest BCUT2D eigenvalue weighted by molar-refractivity contribution is 0.401. The summed E-state index contributed by atoms with van der Waals surface area (Å²) >= 11 is 0. The lowest BCUT2D eigenvalue weighted by atomic mass is 10.3. The van der Waals surface area contributed by atoms with E-state index in [0.717, 1.165) is 25.3 Å². The van der Waals surface area contributed by atoms with Gasteiger partial charge in [-0.25, -0.2) is 4.98 Å². The van der Waals surface area contributed by atoms with Gasteiger partial charge < -0.3 is 15.5 Å². The van der Waals surface area contributed by atoms with E-state index >= 15 is 0 Å². The first-order chi connectivity index (χ1) is 8.00. The maximum Gasteiger partial charge on any atom is 0.141 e. The summed E-state index contributed by atoms with van der Waals surface area (Å²) in [4.78, 5) is 8.57. The number of aromatic nitrogens is 1. The number of hydrogen-bond acceptors (Lipinski definition) is 4. The number of amidine groups is 1. The number of nitrogens with two attached hydrogens (primary N) is 1. The minimum atomic E-state index is 0.00791. The molecule has 0 amide bonds. The van der Waals surface area contributed by atoms with Crippen LogP contribution in [0, 0.1) is 5.41 Å². The van der Waals surface area contributed by atoms with Crippen LogP contribution >= 0.6 is 0 Å². The van der Waals surface area contributed by atoms with Gasteiger partial charge in [0.2, 0.25) is 0 Å². The second-order valence-electron chi connectivity index (χ2n) is 4.37. The van der Waals surface area contributed by atoms with Crippen molar-refractivity contribution < 1.29 is 0 Å². The molecule has 0 aromatic carbocycles. The summed E-state index contributed by atoms with van der Waals surface area (Å²) < 4.78 is 0. The monoisotopic (exact) mass is 235 g/mol. The second-order valence-corrected chi connectivity index (χ2v) is 4.37. The van der Waals surface area contributed by atoms with Gasteiger partial charge in [0, 0.05) is 13.6 Å². The molecule has 5 nitrogen and oxygen atoms in total. The Hall–Kier alpha value is -1.62. The number of hydrogen-bond donors (Lipinski definition) is 2. The van der Waals surface area contributed by atoms with Crippen molar-refractivity contribution in [1.82, 2.24) is 9.88 Å². The topological polar surface area (TPSA) is 69.2 Å². The first kappa shape index (κ1) is 13.4. The molecule has 17 heavy (non-hydrogen) atoms. The lowest BCUT2D eigenvalue weighted by Crippen LogP contribution is -2.25. The van der Waals surface area contributed by atoms with Crippen molar-refractivity contribution >= 4 is 11.7 Å². The second kappa shape index (κ2) is 6.20. The largest absolute Gasteiger partial charge is 0.382 e. The van der Waals surface area contributed by atoms with E-state index < -0.39 is 0 Å². The SMILES string of the molecule is CN(C)CCCN(C)c1cccc(C(=N)N)n1. The lowest BCUT2D eigenvalue weighted by Gasteiger charge is -2.19. The number of nitrogen functional groups attached to an aromatic ring is 1. The highest BCUT2D eigenvalue weighted by atomic mass is 15.2. The molecule has 1 rings (SSSR count). The number of pyridine rings is 1. The molecule has 0 unspecified atom stereocenters. The van der Waals surface area contributed by atoms with Crippen LogP contribution in [-0.2, 0) is 0 Å². The maximum atomic E-state index is 7.36. The van der Waals surface area contributed by atoms with Crippen LogP contribution in [0.4, 0.5) is 5.82 Å². The molecular formula is C12H21N5. The Morgan fingerprint density at radius 2 is 2.00 bits per heavy atom. The van der Waals surface area contributed by atoms with Gasteiger partial charge in [0.1, 0.15) is 17.3 Å².